The number of nitriles is 1. The maximum Gasteiger partial charge on any atom is 0.407 e. The quantitative estimate of drug-likeness (QED) is 0.645. The molecule has 166 valence electrons. The molecule has 3 N–H and O–H groups in total. The third-order valence-corrected chi connectivity index (χ3v) is 5.72. The average molecular weight is 434 g/mol. The van der Waals surface area contributed by atoms with Crippen molar-refractivity contribution in [3.8, 4) is 6.07 Å². The van der Waals surface area contributed by atoms with Gasteiger partial charge in [-0.3, -0.25) is 14.5 Å². The van der Waals surface area contributed by atoms with E-state index in [1.54, 1.807) is 31.2 Å². The van der Waals surface area contributed by atoms with Gasteiger partial charge in [-0.2, -0.15) is 5.26 Å². The minimum atomic E-state index is -1.14. The number of rotatable bonds is 6. The Labute approximate surface area is 186 Å². The number of amides is 3. The second kappa shape index (κ2) is 10.4. The summed E-state index contributed by atoms with van der Waals surface area (Å²) in [6.07, 6.45) is -0.141. The van der Waals surface area contributed by atoms with Gasteiger partial charge in [-0.1, -0.05) is 42.5 Å². The number of likely N-dealkylation sites (tertiary alicyclic amines) is 1. The first-order valence-electron chi connectivity index (χ1n) is 10.5. The molecule has 3 amide bonds. The summed E-state index contributed by atoms with van der Waals surface area (Å²) in [6, 6.07) is 16.9. The Morgan fingerprint density at radius 2 is 1.84 bits per heavy atom. The summed E-state index contributed by atoms with van der Waals surface area (Å²) in [6.45, 7) is 2.08. The molecular formula is C24H26N4O4. The Morgan fingerprint density at radius 1 is 1.16 bits per heavy atom. The molecule has 0 aromatic heterocycles. The lowest BCUT2D eigenvalue weighted by Gasteiger charge is -2.37. The monoisotopic (exact) mass is 434 g/mol. The molecule has 1 aliphatic heterocycles. The first kappa shape index (κ1) is 22.8. The topological polar surface area (TPSA) is 123 Å². The minimum absolute atomic E-state index is 0.0723. The smallest absolute Gasteiger partial charge is 0.407 e. The predicted molar refractivity (Wildman–Crippen MR) is 118 cm³/mol. The van der Waals surface area contributed by atoms with Gasteiger partial charge in [0.05, 0.1) is 11.6 Å². The molecule has 1 heterocycles. The van der Waals surface area contributed by atoms with Crippen LogP contribution in [0, 0.1) is 11.3 Å². The lowest BCUT2D eigenvalue weighted by molar-refractivity contribution is -0.132. The van der Waals surface area contributed by atoms with Crippen LogP contribution in [-0.4, -0.2) is 46.5 Å². The number of carbonyl (C=O) groups is 3. The van der Waals surface area contributed by atoms with Gasteiger partial charge in [0, 0.05) is 13.1 Å². The first-order valence-corrected chi connectivity index (χ1v) is 10.5. The molecule has 1 aliphatic rings. The molecule has 0 unspecified atom stereocenters. The summed E-state index contributed by atoms with van der Waals surface area (Å²) in [7, 11) is 0. The van der Waals surface area contributed by atoms with Crippen LogP contribution in [0.1, 0.15) is 42.4 Å². The zero-order chi connectivity index (χ0) is 23.1. The number of carboxylic acid groups (broad SMARTS) is 1. The van der Waals surface area contributed by atoms with Gasteiger partial charge in [-0.05, 0) is 48.9 Å². The summed E-state index contributed by atoms with van der Waals surface area (Å²) >= 11 is 0. The van der Waals surface area contributed by atoms with Crippen LogP contribution in [0.4, 0.5) is 4.79 Å². The van der Waals surface area contributed by atoms with Gasteiger partial charge in [0.1, 0.15) is 12.1 Å². The van der Waals surface area contributed by atoms with Gasteiger partial charge in [0.25, 0.3) is 0 Å². The van der Waals surface area contributed by atoms with E-state index in [4.69, 9.17) is 5.26 Å². The predicted octanol–water partition coefficient (Wildman–Crippen LogP) is 2.61. The van der Waals surface area contributed by atoms with Gasteiger partial charge in [-0.25, -0.2) is 4.79 Å². The largest absolute Gasteiger partial charge is 0.465 e. The fourth-order valence-electron chi connectivity index (χ4n) is 3.89. The molecule has 8 nitrogen and oxygen atoms in total. The molecule has 3 rings (SSSR count). The van der Waals surface area contributed by atoms with Crippen molar-refractivity contribution in [2.24, 2.45) is 0 Å². The fourth-order valence-corrected chi connectivity index (χ4v) is 3.89. The van der Waals surface area contributed by atoms with E-state index in [0.29, 0.717) is 18.4 Å². The molecule has 0 saturated carbocycles. The van der Waals surface area contributed by atoms with Crippen molar-refractivity contribution in [2.45, 2.75) is 44.3 Å². The Hall–Kier alpha value is -3.86. The van der Waals surface area contributed by atoms with Gasteiger partial charge in [-0.15, -0.1) is 0 Å². The first-order chi connectivity index (χ1) is 15.4. The highest BCUT2D eigenvalue weighted by atomic mass is 16.4. The van der Waals surface area contributed by atoms with Crippen LogP contribution < -0.4 is 10.6 Å². The molecule has 1 saturated heterocycles. The summed E-state index contributed by atoms with van der Waals surface area (Å²) in [5, 5.41) is 23.8. The molecular weight excluding hydrogens is 408 g/mol. The van der Waals surface area contributed by atoms with Crippen LogP contribution in [0.5, 0.6) is 0 Å². The summed E-state index contributed by atoms with van der Waals surface area (Å²) in [4.78, 5) is 38.2. The maximum absolute atomic E-state index is 12.9. The zero-order valence-corrected chi connectivity index (χ0v) is 17.8. The molecule has 8 heteroatoms. The van der Waals surface area contributed by atoms with Crippen LogP contribution in [0.2, 0.25) is 0 Å². The number of hydrogen-bond acceptors (Lipinski definition) is 4. The van der Waals surface area contributed by atoms with Crippen molar-refractivity contribution in [2.75, 3.05) is 6.54 Å². The van der Waals surface area contributed by atoms with Crippen molar-refractivity contribution < 1.29 is 19.5 Å². The van der Waals surface area contributed by atoms with Crippen LogP contribution in [0.3, 0.4) is 0 Å². The van der Waals surface area contributed by atoms with E-state index in [1.165, 1.54) is 0 Å². The summed E-state index contributed by atoms with van der Waals surface area (Å²) < 4.78 is 0. The van der Waals surface area contributed by atoms with Gasteiger partial charge < -0.3 is 15.7 Å². The van der Waals surface area contributed by atoms with Crippen molar-refractivity contribution in [3.05, 3.63) is 71.3 Å². The van der Waals surface area contributed by atoms with E-state index >= 15 is 0 Å². The molecule has 1 fully saturated rings. The Bertz CT molecular complexity index is 1000. The second-order valence-corrected chi connectivity index (χ2v) is 7.88. The second-order valence-electron chi connectivity index (χ2n) is 7.88. The van der Waals surface area contributed by atoms with Crippen LogP contribution in [0.15, 0.2) is 54.6 Å². The standard InChI is InChI=1S/C24H26N4O4/c1-16(22(29)26-15-18-9-7-17(14-25)8-10-18)27-23(30)21-13-20(11-12-28(21)24(31)32)19-5-3-2-4-6-19/h2-10,16,20-21H,11-13,15H2,1H3,(H,26,29)(H,27,30)(H,31,32)/t16-,20-,21+/m0/s1. The zero-order valence-electron chi connectivity index (χ0n) is 17.8. The van der Waals surface area contributed by atoms with Crippen molar-refractivity contribution in [1.29, 1.82) is 5.26 Å². The van der Waals surface area contributed by atoms with E-state index in [9.17, 15) is 19.5 Å². The number of carbonyl (C=O) groups excluding carboxylic acids is 2. The molecule has 2 aromatic rings. The molecule has 0 spiro atoms. The SMILES string of the molecule is C[C@H](NC(=O)[C@H]1C[C@@H](c2ccccc2)CCN1C(=O)O)C(=O)NCc1ccc(C#N)cc1. The van der Waals surface area contributed by atoms with E-state index in [0.717, 1.165) is 16.0 Å². The molecule has 3 atom stereocenters. The fraction of sp³-hybridized carbons (Fsp3) is 0.333. The normalized spacial score (nSPS) is 18.8. The van der Waals surface area contributed by atoms with Gasteiger partial charge in [0.2, 0.25) is 11.8 Å². The van der Waals surface area contributed by atoms with Crippen molar-refractivity contribution in [1.82, 2.24) is 15.5 Å². The highest BCUT2D eigenvalue weighted by Gasteiger charge is 2.37. The molecule has 2 aromatic carbocycles. The van der Waals surface area contributed by atoms with Crippen molar-refractivity contribution >= 4 is 17.9 Å². The molecule has 0 radical (unpaired) electrons. The van der Waals surface area contributed by atoms with Crippen molar-refractivity contribution in [3.63, 3.8) is 0 Å². The minimum Gasteiger partial charge on any atom is -0.465 e. The Balaban J connectivity index is 1.59. The number of hydrogen-bond donors (Lipinski definition) is 3. The lowest BCUT2D eigenvalue weighted by atomic mass is 9.85. The number of nitrogens with zero attached hydrogens (tertiary/aromatic N) is 2. The third kappa shape index (κ3) is 5.64. The molecule has 0 aliphatic carbocycles. The van der Waals surface area contributed by atoms with Crippen LogP contribution in [-0.2, 0) is 16.1 Å². The third-order valence-electron chi connectivity index (χ3n) is 5.72. The highest BCUT2D eigenvalue weighted by molar-refractivity contribution is 5.91. The van der Waals surface area contributed by atoms with E-state index < -0.39 is 24.1 Å². The number of benzene rings is 2. The van der Waals surface area contributed by atoms with E-state index in [-0.39, 0.29) is 24.9 Å². The van der Waals surface area contributed by atoms with Gasteiger partial charge in [0.15, 0.2) is 0 Å². The lowest BCUT2D eigenvalue weighted by Crippen LogP contribution is -2.56. The van der Waals surface area contributed by atoms with Crippen LogP contribution in [0.25, 0.3) is 0 Å². The van der Waals surface area contributed by atoms with E-state index in [1.807, 2.05) is 36.4 Å². The van der Waals surface area contributed by atoms with Crippen LogP contribution >= 0.6 is 0 Å². The average Bonchev–Trinajstić information content (AvgIpc) is 2.82. The summed E-state index contributed by atoms with van der Waals surface area (Å²) in [5.74, 6) is -0.780. The Morgan fingerprint density at radius 3 is 2.47 bits per heavy atom. The molecule has 32 heavy (non-hydrogen) atoms. The van der Waals surface area contributed by atoms with Gasteiger partial charge >= 0.3 is 6.09 Å². The highest BCUT2D eigenvalue weighted by Crippen LogP contribution is 2.31. The van der Waals surface area contributed by atoms with E-state index in [2.05, 4.69) is 10.6 Å². The number of nitrogens with one attached hydrogen (secondary N) is 2. The Kier molecular flexibility index (Phi) is 7.45. The number of piperidine rings is 1. The maximum atomic E-state index is 12.9. The summed E-state index contributed by atoms with van der Waals surface area (Å²) in [5.41, 5.74) is 2.43. The molecule has 0 bridgehead atoms.